The van der Waals surface area contributed by atoms with Crippen LogP contribution in [0.25, 0.3) is 0 Å². The van der Waals surface area contributed by atoms with Gasteiger partial charge in [0.2, 0.25) is 0 Å². The Morgan fingerprint density at radius 2 is 1.50 bits per heavy atom. The van der Waals surface area contributed by atoms with E-state index in [0.717, 1.165) is 16.7 Å². The Kier molecular flexibility index (Phi) is 6.13. The summed E-state index contributed by atoms with van der Waals surface area (Å²) in [4.78, 5) is 0. The quantitative estimate of drug-likeness (QED) is 0.736. The van der Waals surface area contributed by atoms with Gasteiger partial charge in [0.05, 0.1) is 12.7 Å². The van der Waals surface area contributed by atoms with Gasteiger partial charge < -0.3 is 15.5 Å². The van der Waals surface area contributed by atoms with Crippen molar-refractivity contribution >= 4 is 0 Å². The third-order valence-electron chi connectivity index (χ3n) is 3.95. The van der Waals surface area contributed by atoms with E-state index in [1.54, 1.807) is 0 Å². The van der Waals surface area contributed by atoms with Gasteiger partial charge in [-0.3, -0.25) is 0 Å². The van der Waals surface area contributed by atoms with Gasteiger partial charge in [-0.15, -0.1) is 0 Å². The Balaban J connectivity index is 2.02. The summed E-state index contributed by atoms with van der Waals surface area (Å²) in [5, 5.41) is 23.1. The number of aliphatic hydroxyl groups excluding tert-OH is 2. The van der Waals surface area contributed by atoms with Crippen molar-refractivity contribution in [2.45, 2.75) is 39.1 Å². The molecule has 0 fully saturated rings. The molecule has 0 aromatic heterocycles. The molecule has 3 N–H and O–H groups in total. The lowest BCUT2D eigenvalue weighted by atomic mass is 9.93. The minimum atomic E-state index is -0.530. The van der Waals surface area contributed by atoms with E-state index in [0.29, 0.717) is 12.5 Å². The smallest absolute Gasteiger partial charge is 0.0945 e. The molecule has 0 heterocycles. The zero-order valence-electron chi connectivity index (χ0n) is 13.2. The second kappa shape index (κ2) is 8.08. The first-order chi connectivity index (χ1) is 10.6. The van der Waals surface area contributed by atoms with E-state index in [-0.39, 0.29) is 12.6 Å². The first kappa shape index (κ1) is 16.7. The number of aliphatic hydroxyl groups is 2. The van der Waals surface area contributed by atoms with Crippen molar-refractivity contribution in [3.63, 3.8) is 0 Å². The van der Waals surface area contributed by atoms with Crippen LogP contribution in [0.5, 0.6) is 0 Å². The molecule has 2 aromatic rings. The van der Waals surface area contributed by atoms with Crippen LogP contribution in [-0.4, -0.2) is 16.3 Å². The fourth-order valence-electron chi connectivity index (χ4n) is 2.57. The molecule has 0 aliphatic rings. The maximum absolute atomic E-state index is 10.6. The Morgan fingerprint density at radius 1 is 0.909 bits per heavy atom. The van der Waals surface area contributed by atoms with E-state index in [4.69, 9.17) is 5.11 Å². The lowest BCUT2D eigenvalue weighted by molar-refractivity contribution is 0.104. The van der Waals surface area contributed by atoms with Crippen LogP contribution in [0.1, 0.15) is 36.6 Å². The molecule has 0 saturated heterocycles. The Hall–Kier alpha value is -1.68. The van der Waals surface area contributed by atoms with Crippen LogP contribution in [0, 0.1) is 5.92 Å². The lowest BCUT2D eigenvalue weighted by Crippen LogP contribution is -2.38. The molecule has 2 atom stereocenters. The largest absolute Gasteiger partial charge is 0.392 e. The van der Waals surface area contributed by atoms with Crippen molar-refractivity contribution in [2.24, 2.45) is 5.92 Å². The minimum Gasteiger partial charge on any atom is -0.392 e. The van der Waals surface area contributed by atoms with E-state index >= 15 is 0 Å². The van der Waals surface area contributed by atoms with Crippen molar-refractivity contribution in [3.05, 3.63) is 71.3 Å². The van der Waals surface area contributed by atoms with Gasteiger partial charge in [0.15, 0.2) is 0 Å². The summed E-state index contributed by atoms with van der Waals surface area (Å²) in [5.41, 5.74) is 2.99. The first-order valence-electron chi connectivity index (χ1n) is 7.77. The molecule has 0 bridgehead atoms. The maximum Gasteiger partial charge on any atom is 0.0945 e. The first-order valence-corrected chi connectivity index (χ1v) is 7.77. The standard InChI is InChI=1S/C19H25NO2/c1-14(2)18(19(22)17-6-4-3-5-7-17)20-12-15-8-10-16(13-21)11-9-15/h3-11,14,18-22H,12-13H2,1-2H3/t18-,19-/m0/s1. The molecule has 2 aromatic carbocycles. The fraction of sp³-hybridized carbons (Fsp3) is 0.368. The van der Waals surface area contributed by atoms with Crippen molar-refractivity contribution in [3.8, 4) is 0 Å². The highest BCUT2D eigenvalue weighted by atomic mass is 16.3. The number of hydrogen-bond donors (Lipinski definition) is 3. The van der Waals surface area contributed by atoms with Crippen LogP contribution in [0.15, 0.2) is 54.6 Å². The molecule has 2 rings (SSSR count). The highest BCUT2D eigenvalue weighted by Crippen LogP contribution is 2.22. The van der Waals surface area contributed by atoms with E-state index in [9.17, 15) is 5.11 Å². The summed E-state index contributed by atoms with van der Waals surface area (Å²) in [5.74, 6) is 0.312. The number of benzene rings is 2. The topological polar surface area (TPSA) is 52.5 Å². The number of rotatable bonds is 7. The van der Waals surface area contributed by atoms with Crippen LogP contribution in [0.4, 0.5) is 0 Å². The molecular formula is C19H25NO2. The maximum atomic E-state index is 10.6. The average Bonchev–Trinajstić information content (AvgIpc) is 2.56. The summed E-state index contributed by atoms with van der Waals surface area (Å²) < 4.78 is 0. The Morgan fingerprint density at radius 3 is 2.05 bits per heavy atom. The van der Waals surface area contributed by atoms with Gasteiger partial charge in [-0.25, -0.2) is 0 Å². The molecular weight excluding hydrogens is 274 g/mol. The fourth-order valence-corrected chi connectivity index (χ4v) is 2.57. The zero-order valence-corrected chi connectivity index (χ0v) is 13.2. The Labute approximate surface area is 132 Å². The van der Waals surface area contributed by atoms with Gasteiger partial charge in [0.1, 0.15) is 0 Å². The molecule has 0 spiro atoms. The summed E-state index contributed by atoms with van der Waals surface area (Å²) in [7, 11) is 0. The van der Waals surface area contributed by atoms with Gasteiger partial charge in [0.25, 0.3) is 0 Å². The van der Waals surface area contributed by atoms with Crippen molar-refractivity contribution in [2.75, 3.05) is 0 Å². The van der Waals surface area contributed by atoms with Crippen LogP contribution in [-0.2, 0) is 13.2 Å². The molecule has 0 radical (unpaired) electrons. The molecule has 0 unspecified atom stereocenters. The highest BCUT2D eigenvalue weighted by Gasteiger charge is 2.23. The SMILES string of the molecule is CC(C)[C@H](NCc1ccc(CO)cc1)[C@@H](O)c1ccccc1. The van der Waals surface area contributed by atoms with Gasteiger partial charge in [-0.05, 0) is 22.6 Å². The van der Waals surface area contributed by atoms with Crippen molar-refractivity contribution < 1.29 is 10.2 Å². The lowest BCUT2D eigenvalue weighted by Gasteiger charge is -2.28. The van der Waals surface area contributed by atoms with Crippen LogP contribution < -0.4 is 5.32 Å². The number of nitrogens with one attached hydrogen (secondary N) is 1. The monoisotopic (exact) mass is 299 g/mol. The van der Waals surface area contributed by atoms with E-state index in [1.165, 1.54) is 0 Å². The zero-order chi connectivity index (χ0) is 15.9. The van der Waals surface area contributed by atoms with E-state index < -0.39 is 6.10 Å². The summed E-state index contributed by atoms with van der Waals surface area (Å²) in [6.07, 6.45) is -0.530. The third kappa shape index (κ3) is 4.41. The molecule has 22 heavy (non-hydrogen) atoms. The second-order valence-corrected chi connectivity index (χ2v) is 5.98. The second-order valence-electron chi connectivity index (χ2n) is 5.98. The molecule has 118 valence electrons. The predicted octanol–water partition coefficient (Wildman–Crippen LogP) is 3.03. The Bertz CT molecular complexity index is 551. The predicted molar refractivity (Wildman–Crippen MR) is 89.2 cm³/mol. The number of hydrogen-bond acceptors (Lipinski definition) is 3. The van der Waals surface area contributed by atoms with Gasteiger partial charge >= 0.3 is 0 Å². The normalized spacial score (nSPS) is 14.0. The molecule has 3 nitrogen and oxygen atoms in total. The average molecular weight is 299 g/mol. The summed E-state index contributed by atoms with van der Waals surface area (Å²) in [6, 6.07) is 17.6. The van der Waals surface area contributed by atoms with Gasteiger partial charge in [0, 0.05) is 12.6 Å². The molecule has 3 heteroatoms. The van der Waals surface area contributed by atoms with Crippen LogP contribution in [0.2, 0.25) is 0 Å². The minimum absolute atomic E-state index is 0.0140. The van der Waals surface area contributed by atoms with E-state index in [1.807, 2.05) is 54.6 Å². The molecule has 0 aliphatic carbocycles. The van der Waals surface area contributed by atoms with Crippen molar-refractivity contribution in [1.29, 1.82) is 0 Å². The van der Waals surface area contributed by atoms with E-state index in [2.05, 4.69) is 19.2 Å². The molecule has 0 amide bonds. The summed E-state index contributed by atoms with van der Waals surface area (Å²) >= 11 is 0. The van der Waals surface area contributed by atoms with Crippen LogP contribution >= 0.6 is 0 Å². The van der Waals surface area contributed by atoms with Gasteiger partial charge in [-0.2, -0.15) is 0 Å². The van der Waals surface area contributed by atoms with Gasteiger partial charge in [-0.1, -0.05) is 68.4 Å². The van der Waals surface area contributed by atoms with Crippen molar-refractivity contribution in [1.82, 2.24) is 5.32 Å². The summed E-state index contributed by atoms with van der Waals surface area (Å²) in [6.45, 7) is 4.98. The third-order valence-corrected chi connectivity index (χ3v) is 3.95. The highest BCUT2D eigenvalue weighted by molar-refractivity contribution is 5.22. The van der Waals surface area contributed by atoms with Crippen LogP contribution in [0.3, 0.4) is 0 Å². The molecule has 0 aliphatic heterocycles. The molecule has 0 saturated carbocycles.